The van der Waals surface area contributed by atoms with Crippen molar-refractivity contribution in [1.82, 2.24) is 5.32 Å². The van der Waals surface area contributed by atoms with E-state index in [1.165, 1.54) is 0 Å². The van der Waals surface area contributed by atoms with Gasteiger partial charge in [0, 0.05) is 30.8 Å². The van der Waals surface area contributed by atoms with Gasteiger partial charge in [-0.3, -0.25) is 10.1 Å². The van der Waals surface area contributed by atoms with Crippen molar-refractivity contribution in [1.29, 1.82) is 0 Å². The van der Waals surface area contributed by atoms with E-state index in [1.807, 2.05) is 0 Å². The summed E-state index contributed by atoms with van der Waals surface area (Å²) in [5, 5.41) is 13.1. The van der Waals surface area contributed by atoms with Crippen LogP contribution in [0, 0.1) is 21.7 Å². The van der Waals surface area contributed by atoms with E-state index in [1.54, 1.807) is 0 Å². The number of nitrogens with one attached hydrogen (secondary N) is 1. The zero-order chi connectivity index (χ0) is 15.1. The topological polar surface area (TPSA) is 64.4 Å². The lowest BCUT2D eigenvalue weighted by atomic mass is 10.2. The van der Waals surface area contributed by atoms with Crippen LogP contribution in [0.15, 0.2) is 12.1 Å². The van der Waals surface area contributed by atoms with Crippen LogP contribution in [0.2, 0.25) is 0 Å². The number of nitro groups is 1. The molecule has 1 N–H and O–H groups in total. The first kappa shape index (κ1) is 16.3. The van der Waals surface area contributed by atoms with Crippen LogP contribution >= 0.6 is 0 Å². The number of alkyl halides is 2. The molecule has 0 saturated heterocycles. The summed E-state index contributed by atoms with van der Waals surface area (Å²) in [5.74, 6) is -2.18. The van der Waals surface area contributed by atoms with Crippen LogP contribution in [-0.2, 0) is 11.3 Å². The minimum atomic E-state index is -2.56. The first-order valence-electron chi connectivity index (χ1n) is 5.60. The van der Waals surface area contributed by atoms with Crippen LogP contribution in [0.1, 0.15) is 5.56 Å². The van der Waals surface area contributed by atoms with Crippen molar-refractivity contribution in [2.75, 3.05) is 19.8 Å². The predicted molar refractivity (Wildman–Crippen MR) is 61.5 cm³/mol. The number of rotatable bonds is 8. The molecule has 0 aliphatic rings. The van der Waals surface area contributed by atoms with Crippen molar-refractivity contribution in [3.63, 3.8) is 0 Å². The van der Waals surface area contributed by atoms with E-state index < -0.39 is 35.3 Å². The Labute approximate surface area is 111 Å². The van der Waals surface area contributed by atoms with E-state index in [0.29, 0.717) is 6.07 Å². The van der Waals surface area contributed by atoms with Gasteiger partial charge in [0.05, 0.1) is 11.5 Å². The van der Waals surface area contributed by atoms with Gasteiger partial charge in [-0.1, -0.05) is 0 Å². The van der Waals surface area contributed by atoms with Crippen molar-refractivity contribution in [2.45, 2.75) is 13.0 Å². The van der Waals surface area contributed by atoms with Gasteiger partial charge in [-0.05, 0) is 0 Å². The van der Waals surface area contributed by atoms with Crippen LogP contribution in [0.5, 0.6) is 0 Å². The van der Waals surface area contributed by atoms with Gasteiger partial charge in [-0.2, -0.15) is 4.39 Å². The lowest BCUT2D eigenvalue weighted by Crippen LogP contribution is -2.21. The number of hydrogen-bond acceptors (Lipinski definition) is 4. The molecule has 0 aliphatic heterocycles. The first-order valence-corrected chi connectivity index (χ1v) is 5.60. The highest BCUT2D eigenvalue weighted by Gasteiger charge is 2.18. The van der Waals surface area contributed by atoms with Gasteiger partial charge in [0.25, 0.3) is 6.43 Å². The molecule has 0 fully saturated rings. The Morgan fingerprint density at radius 2 is 2.00 bits per heavy atom. The quantitative estimate of drug-likeness (QED) is 0.346. The van der Waals surface area contributed by atoms with Crippen LogP contribution in [0.3, 0.4) is 0 Å². The molecular weight excluding hydrogens is 284 g/mol. The van der Waals surface area contributed by atoms with Crippen molar-refractivity contribution in [3.05, 3.63) is 39.4 Å². The molecular formula is C11H12F4N2O3. The molecule has 0 heterocycles. The fraction of sp³-hybridized carbons (Fsp3) is 0.455. The van der Waals surface area contributed by atoms with Crippen LogP contribution < -0.4 is 5.32 Å². The second-order valence-electron chi connectivity index (χ2n) is 3.79. The van der Waals surface area contributed by atoms with Crippen LogP contribution in [0.4, 0.5) is 23.2 Å². The molecule has 20 heavy (non-hydrogen) atoms. The molecule has 0 bridgehead atoms. The second-order valence-corrected chi connectivity index (χ2v) is 3.79. The minimum absolute atomic E-state index is 0.0186. The monoisotopic (exact) mass is 296 g/mol. The summed E-state index contributed by atoms with van der Waals surface area (Å²) in [7, 11) is 0. The molecule has 1 rings (SSSR count). The second kappa shape index (κ2) is 7.75. The maximum atomic E-state index is 13.3. The van der Waals surface area contributed by atoms with E-state index in [9.17, 15) is 27.7 Å². The van der Waals surface area contributed by atoms with Gasteiger partial charge < -0.3 is 10.1 Å². The van der Waals surface area contributed by atoms with Gasteiger partial charge in [0.1, 0.15) is 12.4 Å². The van der Waals surface area contributed by atoms with Crippen molar-refractivity contribution in [2.24, 2.45) is 0 Å². The van der Waals surface area contributed by atoms with E-state index in [-0.39, 0.29) is 25.3 Å². The third-order valence-electron chi connectivity index (χ3n) is 2.30. The molecule has 0 aliphatic carbocycles. The molecule has 0 atom stereocenters. The molecule has 0 amide bonds. The Balaban J connectivity index is 2.47. The lowest BCUT2D eigenvalue weighted by Gasteiger charge is -2.07. The molecule has 0 unspecified atom stereocenters. The number of halogens is 4. The van der Waals surface area contributed by atoms with E-state index in [0.717, 1.165) is 6.07 Å². The molecule has 1 aromatic rings. The molecule has 0 saturated carbocycles. The largest absolute Gasteiger partial charge is 0.374 e. The lowest BCUT2D eigenvalue weighted by molar-refractivity contribution is -0.387. The molecule has 5 nitrogen and oxygen atoms in total. The Kier molecular flexibility index (Phi) is 6.32. The number of ether oxygens (including phenoxy) is 1. The summed E-state index contributed by atoms with van der Waals surface area (Å²) in [6, 6.07) is 1.22. The highest BCUT2D eigenvalue weighted by molar-refractivity contribution is 5.37. The van der Waals surface area contributed by atoms with Crippen molar-refractivity contribution in [3.8, 4) is 0 Å². The third-order valence-corrected chi connectivity index (χ3v) is 2.30. The van der Waals surface area contributed by atoms with Gasteiger partial charge in [0.15, 0.2) is 0 Å². The maximum absolute atomic E-state index is 13.3. The zero-order valence-corrected chi connectivity index (χ0v) is 10.2. The van der Waals surface area contributed by atoms with E-state index in [2.05, 4.69) is 10.1 Å². The summed E-state index contributed by atoms with van der Waals surface area (Å²) in [6.07, 6.45) is -2.56. The van der Waals surface area contributed by atoms with Crippen LogP contribution in [0.25, 0.3) is 0 Å². The summed E-state index contributed by atoms with van der Waals surface area (Å²) < 4.78 is 54.4. The zero-order valence-electron chi connectivity index (χ0n) is 10.2. The standard InChI is InChI=1S/C11H12F4N2O3/c12-8-4-9(13)10(17(18)19)3-7(8)5-16-1-2-20-6-11(14)15/h3-4,11,16H,1-2,5-6H2. The van der Waals surface area contributed by atoms with Gasteiger partial charge in [0.2, 0.25) is 5.82 Å². The van der Waals surface area contributed by atoms with Crippen molar-refractivity contribution < 1.29 is 27.2 Å². The van der Waals surface area contributed by atoms with Gasteiger partial charge in [-0.25, -0.2) is 13.2 Å². The first-order chi connectivity index (χ1) is 9.41. The smallest absolute Gasteiger partial charge is 0.305 e. The minimum Gasteiger partial charge on any atom is -0.374 e. The average Bonchev–Trinajstić information content (AvgIpc) is 2.34. The molecule has 9 heteroatoms. The predicted octanol–water partition coefficient (Wildman–Crippen LogP) is 2.24. The third kappa shape index (κ3) is 5.10. The van der Waals surface area contributed by atoms with Crippen molar-refractivity contribution >= 4 is 5.69 Å². The maximum Gasteiger partial charge on any atom is 0.305 e. The molecule has 1 aromatic carbocycles. The molecule has 112 valence electrons. The molecule has 0 aromatic heterocycles. The SMILES string of the molecule is O=[N+]([O-])c1cc(CNCCOCC(F)F)c(F)cc1F. The Hall–Kier alpha value is -1.74. The number of nitrogens with zero attached hydrogens (tertiary/aromatic N) is 1. The summed E-state index contributed by atoms with van der Waals surface area (Å²) in [4.78, 5) is 9.54. The van der Waals surface area contributed by atoms with Gasteiger partial charge >= 0.3 is 5.69 Å². The summed E-state index contributed by atoms with van der Waals surface area (Å²) >= 11 is 0. The Bertz CT molecular complexity index is 471. The molecule has 0 radical (unpaired) electrons. The fourth-order valence-electron chi connectivity index (χ4n) is 1.40. The Morgan fingerprint density at radius 3 is 2.60 bits per heavy atom. The average molecular weight is 296 g/mol. The highest BCUT2D eigenvalue weighted by Crippen LogP contribution is 2.21. The summed E-state index contributed by atoms with van der Waals surface area (Å²) in [5.41, 5.74) is -0.913. The van der Waals surface area contributed by atoms with Gasteiger partial charge in [-0.15, -0.1) is 0 Å². The summed E-state index contributed by atoms with van der Waals surface area (Å²) in [6.45, 7) is -0.671. The molecule has 0 spiro atoms. The number of benzene rings is 1. The van der Waals surface area contributed by atoms with E-state index in [4.69, 9.17) is 0 Å². The van der Waals surface area contributed by atoms with Crippen LogP contribution in [-0.4, -0.2) is 31.1 Å². The Morgan fingerprint density at radius 1 is 1.30 bits per heavy atom. The van der Waals surface area contributed by atoms with E-state index >= 15 is 0 Å². The normalized spacial score (nSPS) is 11.1. The number of nitro benzene ring substituents is 1. The fourth-order valence-corrected chi connectivity index (χ4v) is 1.40. The highest BCUT2D eigenvalue weighted by atomic mass is 19.3. The number of hydrogen-bond donors (Lipinski definition) is 1.